The maximum atomic E-state index is 6.45. The van der Waals surface area contributed by atoms with Crippen LogP contribution in [0.2, 0.25) is 0 Å². The molecule has 0 radical (unpaired) electrons. The maximum Gasteiger partial charge on any atom is 0.0484 e. The number of piperazine rings is 1. The Kier molecular flexibility index (Phi) is 4.79. The molecule has 2 fully saturated rings. The standard InChI is InChI=1S/C13H27N3O/c1-2-5-15-6-8-16(9-7-15)12-13(14)3-10-17-11-4-13/h2-12,14H2,1H3. The Morgan fingerprint density at radius 1 is 1.06 bits per heavy atom. The van der Waals surface area contributed by atoms with Crippen LogP contribution in [0.15, 0.2) is 0 Å². The monoisotopic (exact) mass is 241 g/mol. The molecule has 0 atom stereocenters. The van der Waals surface area contributed by atoms with Crippen LogP contribution in [0.3, 0.4) is 0 Å². The Morgan fingerprint density at radius 2 is 1.65 bits per heavy atom. The molecule has 0 saturated carbocycles. The van der Waals surface area contributed by atoms with Gasteiger partial charge in [0.15, 0.2) is 0 Å². The summed E-state index contributed by atoms with van der Waals surface area (Å²) in [5.41, 5.74) is 6.45. The van der Waals surface area contributed by atoms with Crippen molar-refractivity contribution in [2.24, 2.45) is 5.73 Å². The molecule has 0 spiro atoms. The van der Waals surface area contributed by atoms with Crippen molar-refractivity contribution in [2.75, 3.05) is 52.5 Å². The number of nitrogens with two attached hydrogens (primary N) is 1. The van der Waals surface area contributed by atoms with Gasteiger partial charge in [-0.2, -0.15) is 0 Å². The third-order valence-electron chi connectivity index (χ3n) is 4.03. The number of ether oxygens (including phenoxy) is 1. The maximum absolute atomic E-state index is 6.45. The lowest BCUT2D eigenvalue weighted by atomic mass is 9.90. The molecule has 100 valence electrons. The highest BCUT2D eigenvalue weighted by Crippen LogP contribution is 2.19. The first-order valence-corrected chi connectivity index (χ1v) is 7.03. The van der Waals surface area contributed by atoms with Gasteiger partial charge >= 0.3 is 0 Å². The van der Waals surface area contributed by atoms with Gasteiger partial charge in [-0.1, -0.05) is 6.92 Å². The zero-order valence-corrected chi connectivity index (χ0v) is 11.2. The highest BCUT2D eigenvalue weighted by atomic mass is 16.5. The minimum atomic E-state index is 0.00514. The summed E-state index contributed by atoms with van der Waals surface area (Å²) >= 11 is 0. The first-order valence-electron chi connectivity index (χ1n) is 7.03. The molecule has 2 N–H and O–H groups in total. The summed E-state index contributed by atoms with van der Waals surface area (Å²) in [5, 5.41) is 0. The van der Waals surface area contributed by atoms with Crippen molar-refractivity contribution >= 4 is 0 Å². The van der Waals surface area contributed by atoms with Gasteiger partial charge in [-0.25, -0.2) is 0 Å². The summed E-state index contributed by atoms with van der Waals surface area (Å²) in [6, 6.07) is 0. The molecule has 0 aromatic carbocycles. The Bertz CT molecular complexity index is 221. The topological polar surface area (TPSA) is 41.7 Å². The predicted octanol–water partition coefficient (Wildman–Crippen LogP) is 0.522. The van der Waals surface area contributed by atoms with Crippen molar-refractivity contribution < 1.29 is 4.74 Å². The lowest BCUT2D eigenvalue weighted by Crippen LogP contribution is -2.57. The van der Waals surface area contributed by atoms with E-state index in [0.29, 0.717) is 0 Å². The Morgan fingerprint density at radius 3 is 2.24 bits per heavy atom. The molecule has 0 unspecified atom stereocenters. The highest BCUT2D eigenvalue weighted by Gasteiger charge is 2.31. The number of rotatable bonds is 4. The SMILES string of the molecule is CCCN1CCN(CC2(N)CCOCC2)CC1. The fourth-order valence-electron chi connectivity index (χ4n) is 2.87. The zero-order chi connectivity index (χ0) is 12.1. The van der Waals surface area contributed by atoms with Gasteiger partial charge in [0.05, 0.1) is 0 Å². The summed E-state index contributed by atoms with van der Waals surface area (Å²) < 4.78 is 5.40. The third kappa shape index (κ3) is 3.91. The normalized spacial score (nSPS) is 27.2. The largest absolute Gasteiger partial charge is 0.381 e. The molecule has 0 aliphatic carbocycles. The van der Waals surface area contributed by atoms with Gasteiger partial charge in [0.25, 0.3) is 0 Å². The second kappa shape index (κ2) is 6.14. The van der Waals surface area contributed by atoms with E-state index >= 15 is 0 Å². The van der Waals surface area contributed by atoms with Crippen LogP contribution in [0.5, 0.6) is 0 Å². The van der Waals surface area contributed by atoms with E-state index in [2.05, 4.69) is 16.7 Å². The van der Waals surface area contributed by atoms with Crippen LogP contribution < -0.4 is 5.73 Å². The average molecular weight is 241 g/mol. The summed E-state index contributed by atoms with van der Waals surface area (Å²) in [7, 11) is 0. The van der Waals surface area contributed by atoms with Crippen molar-refractivity contribution in [3.63, 3.8) is 0 Å². The summed E-state index contributed by atoms with van der Waals surface area (Å²) in [5.74, 6) is 0. The number of nitrogens with zero attached hydrogens (tertiary/aromatic N) is 2. The third-order valence-corrected chi connectivity index (χ3v) is 4.03. The first kappa shape index (κ1) is 13.3. The second-order valence-corrected chi connectivity index (χ2v) is 5.59. The molecule has 0 bridgehead atoms. The molecular weight excluding hydrogens is 214 g/mol. The Balaban J connectivity index is 1.73. The zero-order valence-electron chi connectivity index (χ0n) is 11.2. The molecule has 0 aromatic rings. The van der Waals surface area contributed by atoms with Gasteiger partial charge in [0, 0.05) is 51.5 Å². The molecular formula is C13H27N3O. The molecule has 0 amide bonds. The highest BCUT2D eigenvalue weighted by molar-refractivity contribution is 4.90. The van der Waals surface area contributed by atoms with Crippen LogP contribution in [0.1, 0.15) is 26.2 Å². The van der Waals surface area contributed by atoms with Gasteiger partial charge < -0.3 is 15.4 Å². The minimum Gasteiger partial charge on any atom is -0.381 e. The van der Waals surface area contributed by atoms with Crippen LogP contribution in [-0.2, 0) is 4.74 Å². The van der Waals surface area contributed by atoms with Gasteiger partial charge in [-0.05, 0) is 25.8 Å². The summed E-state index contributed by atoms with van der Waals surface area (Å²) in [6.45, 7) is 11.0. The van der Waals surface area contributed by atoms with Crippen LogP contribution in [-0.4, -0.2) is 67.8 Å². The fourth-order valence-corrected chi connectivity index (χ4v) is 2.87. The molecule has 4 heteroatoms. The van der Waals surface area contributed by atoms with E-state index in [1.54, 1.807) is 0 Å². The van der Waals surface area contributed by atoms with Gasteiger partial charge in [0.1, 0.15) is 0 Å². The number of hydrogen-bond acceptors (Lipinski definition) is 4. The number of hydrogen-bond donors (Lipinski definition) is 1. The van der Waals surface area contributed by atoms with E-state index in [9.17, 15) is 0 Å². The van der Waals surface area contributed by atoms with Crippen molar-refractivity contribution in [3.05, 3.63) is 0 Å². The van der Waals surface area contributed by atoms with Crippen LogP contribution in [0.4, 0.5) is 0 Å². The lowest BCUT2D eigenvalue weighted by Gasteiger charge is -2.41. The van der Waals surface area contributed by atoms with Crippen LogP contribution in [0.25, 0.3) is 0 Å². The van der Waals surface area contributed by atoms with Crippen LogP contribution in [0, 0.1) is 0 Å². The predicted molar refractivity (Wildman–Crippen MR) is 70.1 cm³/mol. The van der Waals surface area contributed by atoms with E-state index < -0.39 is 0 Å². The molecule has 4 nitrogen and oxygen atoms in total. The van der Waals surface area contributed by atoms with E-state index in [0.717, 1.165) is 32.6 Å². The van der Waals surface area contributed by atoms with E-state index in [1.165, 1.54) is 39.1 Å². The van der Waals surface area contributed by atoms with Crippen LogP contribution >= 0.6 is 0 Å². The van der Waals surface area contributed by atoms with E-state index in [-0.39, 0.29) is 5.54 Å². The van der Waals surface area contributed by atoms with E-state index in [4.69, 9.17) is 10.5 Å². The molecule has 17 heavy (non-hydrogen) atoms. The van der Waals surface area contributed by atoms with Crippen molar-refractivity contribution in [1.82, 2.24) is 9.80 Å². The Hall–Kier alpha value is -0.160. The summed E-state index contributed by atoms with van der Waals surface area (Å²) in [6.07, 6.45) is 3.29. The minimum absolute atomic E-state index is 0.00514. The van der Waals surface area contributed by atoms with Gasteiger partial charge in [0.2, 0.25) is 0 Å². The second-order valence-electron chi connectivity index (χ2n) is 5.59. The van der Waals surface area contributed by atoms with Crippen molar-refractivity contribution in [2.45, 2.75) is 31.7 Å². The quantitative estimate of drug-likeness (QED) is 0.779. The van der Waals surface area contributed by atoms with Crippen molar-refractivity contribution in [3.8, 4) is 0 Å². The fraction of sp³-hybridized carbons (Fsp3) is 1.00. The van der Waals surface area contributed by atoms with Crippen molar-refractivity contribution in [1.29, 1.82) is 0 Å². The molecule has 2 aliphatic rings. The molecule has 2 heterocycles. The molecule has 0 aromatic heterocycles. The average Bonchev–Trinajstić information content (AvgIpc) is 2.33. The molecule has 2 aliphatic heterocycles. The smallest absolute Gasteiger partial charge is 0.0484 e. The van der Waals surface area contributed by atoms with Gasteiger partial charge in [-0.15, -0.1) is 0 Å². The van der Waals surface area contributed by atoms with E-state index in [1.807, 2.05) is 0 Å². The molecule has 2 saturated heterocycles. The Labute approximate surface area is 105 Å². The first-order chi connectivity index (χ1) is 8.22. The molecule has 2 rings (SSSR count). The summed E-state index contributed by atoms with van der Waals surface area (Å²) in [4.78, 5) is 5.10. The lowest BCUT2D eigenvalue weighted by molar-refractivity contribution is 0.0281. The van der Waals surface area contributed by atoms with Gasteiger partial charge in [-0.3, -0.25) is 4.90 Å².